The minimum atomic E-state index is -1.20. The van der Waals surface area contributed by atoms with Crippen molar-refractivity contribution in [1.29, 1.82) is 0 Å². The standard InChI is InChI=1S/C16H18ClS2Si/c1-18-11-13-7-6-8-14(12-19-2)16(13)20(17)15-9-4-3-5-10-15/h3-10H,11-12H2,1-2H3. The summed E-state index contributed by atoms with van der Waals surface area (Å²) in [5.74, 6) is 2.07. The second-order valence-corrected chi connectivity index (χ2v) is 9.07. The van der Waals surface area contributed by atoms with Gasteiger partial charge in [-0.2, -0.15) is 34.6 Å². The third-order valence-electron chi connectivity index (χ3n) is 3.08. The van der Waals surface area contributed by atoms with Gasteiger partial charge in [0.25, 0.3) is 0 Å². The van der Waals surface area contributed by atoms with Gasteiger partial charge < -0.3 is 0 Å². The van der Waals surface area contributed by atoms with Gasteiger partial charge in [-0.1, -0.05) is 48.5 Å². The van der Waals surface area contributed by atoms with Crippen LogP contribution in [0, 0.1) is 0 Å². The molecule has 105 valence electrons. The van der Waals surface area contributed by atoms with Gasteiger partial charge >= 0.3 is 0 Å². The minimum absolute atomic E-state index is 1.03. The van der Waals surface area contributed by atoms with E-state index in [2.05, 4.69) is 55.0 Å². The van der Waals surface area contributed by atoms with Crippen molar-refractivity contribution in [1.82, 2.24) is 0 Å². The molecule has 0 saturated heterocycles. The lowest BCUT2D eigenvalue weighted by Crippen LogP contribution is -2.41. The first-order chi connectivity index (χ1) is 9.77. The second kappa shape index (κ2) is 8.18. The Morgan fingerprint density at radius 3 is 1.90 bits per heavy atom. The molecule has 0 atom stereocenters. The van der Waals surface area contributed by atoms with E-state index in [1.54, 1.807) is 0 Å². The molecule has 0 fully saturated rings. The van der Waals surface area contributed by atoms with Crippen LogP contribution >= 0.6 is 34.6 Å². The summed E-state index contributed by atoms with van der Waals surface area (Å²) in [6.07, 6.45) is 4.29. The molecule has 2 rings (SSSR count). The third kappa shape index (κ3) is 3.85. The van der Waals surface area contributed by atoms with Gasteiger partial charge in [0.2, 0.25) is 8.11 Å². The van der Waals surface area contributed by atoms with Crippen LogP contribution in [0.4, 0.5) is 0 Å². The topological polar surface area (TPSA) is 0 Å². The molecular formula is C16H18ClS2Si. The van der Waals surface area contributed by atoms with Crippen molar-refractivity contribution in [2.45, 2.75) is 11.5 Å². The van der Waals surface area contributed by atoms with Crippen molar-refractivity contribution >= 4 is 53.1 Å². The summed E-state index contributed by atoms with van der Waals surface area (Å²) < 4.78 is 0. The zero-order valence-electron chi connectivity index (χ0n) is 11.7. The summed E-state index contributed by atoms with van der Waals surface area (Å²) in [5, 5.41) is 2.67. The average Bonchev–Trinajstić information content (AvgIpc) is 2.48. The van der Waals surface area contributed by atoms with Crippen LogP contribution in [0.1, 0.15) is 11.1 Å². The number of halogens is 1. The Kier molecular flexibility index (Phi) is 6.55. The highest BCUT2D eigenvalue weighted by atomic mass is 35.6. The average molecular weight is 338 g/mol. The van der Waals surface area contributed by atoms with E-state index in [-0.39, 0.29) is 0 Å². The van der Waals surface area contributed by atoms with E-state index in [0.29, 0.717) is 0 Å². The fraction of sp³-hybridized carbons (Fsp3) is 0.250. The molecule has 0 nitrogen and oxygen atoms in total. The maximum Gasteiger partial charge on any atom is 0.234 e. The number of rotatable bonds is 6. The summed E-state index contributed by atoms with van der Waals surface area (Å²) in [6.45, 7) is 0. The van der Waals surface area contributed by atoms with E-state index >= 15 is 0 Å². The van der Waals surface area contributed by atoms with Gasteiger partial charge in [0.1, 0.15) is 0 Å². The lowest BCUT2D eigenvalue weighted by molar-refractivity contribution is 1.37. The SMILES string of the molecule is CSCc1cccc(CSC)c1[Si](Cl)c1ccccc1. The fourth-order valence-electron chi connectivity index (χ4n) is 2.22. The molecule has 1 radical (unpaired) electrons. The van der Waals surface area contributed by atoms with E-state index in [4.69, 9.17) is 11.1 Å². The zero-order chi connectivity index (χ0) is 14.4. The lowest BCUT2D eigenvalue weighted by atomic mass is 10.1. The van der Waals surface area contributed by atoms with Crippen molar-refractivity contribution in [3.05, 3.63) is 59.7 Å². The molecule has 2 aromatic carbocycles. The quantitative estimate of drug-likeness (QED) is 0.581. The largest absolute Gasteiger partial charge is 0.234 e. The smallest absolute Gasteiger partial charge is 0.161 e. The van der Waals surface area contributed by atoms with Gasteiger partial charge in [-0.15, -0.1) is 0 Å². The molecule has 0 spiro atoms. The molecule has 4 heteroatoms. The molecule has 0 bridgehead atoms. The third-order valence-corrected chi connectivity index (χ3v) is 7.43. The van der Waals surface area contributed by atoms with Crippen molar-refractivity contribution in [3.63, 3.8) is 0 Å². The Morgan fingerprint density at radius 1 is 0.850 bits per heavy atom. The summed E-state index contributed by atoms with van der Waals surface area (Å²) in [5.41, 5.74) is 2.80. The summed E-state index contributed by atoms with van der Waals surface area (Å²) >= 11 is 10.6. The van der Waals surface area contributed by atoms with Crippen LogP contribution in [0.3, 0.4) is 0 Å². The van der Waals surface area contributed by atoms with E-state index in [9.17, 15) is 0 Å². The van der Waals surface area contributed by atoms with Crippen LogP contribution in [0.2, 0.25) is 0 Å². The van der Waals surface area contributed by atoms with Crippen LogP contribution in [0.15, 0.2) is 48.5 Å². The highest BCUT2D eigenvalue weighted by Crippen LogP contribution is 2.15. The number of hydrogen-bond donors (Lipinski definition) is 0. The van der Waals surface area contributed by atoms with Crippen LogP contribution in [-0.2, 0) is 11.5 Å². The molecule has 0 heterocycles. The van der Waals surface area contributed by atoms with Gasteiger partial charge in [-0.05, 0) is 34.0 Å². The van der Waals surface area contributed by atoms with Gasteiger partial charge in [0, 0.05) is 11.5 Å². The first-order valence-electron chi connectivity index (χ1n) is 6.44. The second-order valence-electron chi connectivity index (χ2n) is 4.50. The fourth-order valence-corrected chi connectivity index (χ4v) is 6.36. The minimum Gasteiger partial charge on any atom is -0.161 e. The molecular weight excluding hydrogens is 320 g/mol. The van der Waals surface area contributed by atoms with Crippen molar-refractivity contribution in [2.75, 3.05) is 12.5 Å². The molecule has 0 aromatic heterocycles. The van der Waals surface area contributed by atoms with Gasteiger partial charge in [-0.3, -0.25) is 0 Å². The Labute approximate surface area is 136 Å². The van der Waals surface area contributed by atoms with Crippen molar-refractivity contribution in [3.8, 4) is 0 Å². The Balaban J connectivity index is 2.46. The molecule has 0 aliphatic rings. The lowest BCUT2D eigenvalue weighted by Gasteiger charge is -2.17. The zero-order valence-corrected chi connectivity index (χ0v) is 15.1. The van der Waals surface area contributed by atoms with Crippen molar-refractivity contribution < 1.29 is 0 Å². The van der Waals surface area contributed by atoms with E-state index in [1.165, 1.54) is 21.5 Å². The normalized spacial score (nSPS) is 11.0. The van der Waals surface area contributed by atoms with E-state index in [1.807, 2.05) is 29.6 Å². The van der Waals surface area contributed by atoms with E-state index in [0.717, 1.165) is 11.5 Å². The predicted octanol–water partition coefficient (Wildman–Crippen LogP) is 3.76. The predicted molar refractivity (Wildman–Crippen MR) is 98.2 cm³/mol. The van der Waals surface area contributed by atoms with Gasteiger partial charge in [0.15, 0.2) is 0 Å². The number of hydrogen-bond acceptors (Lipinski definition) is 2. The molecule has 2 aromatic rings. The molecule has 0 N–H and O–H groups in total. The maximum atomic E-state index is 6.90. The monoisotopic (exact) mass is 337 g/mol. The number of benzene rings is 2. The molecule has 0 aliphatic heterocycles. The van der Waals surface area contributed by atoms with Crippen LogP contribution in [-0.4, -0.2) is 20.6 Å². The van der Waals surface area contributed by atoms with Crippen molar-refractivity contribution in [2.24, 2.45) is 0 Å². The Hall–Kier alpha value is -0.353. The Bertz CT molecular complexity index is 521. The Morgan fingerprint density at radius 2 is 1.40 bits per heavy atom. The molecule has 0 aliphatic carbocycles. The highest BCUT2D eigenvalue weighted by molar-refractivity contribution is 7.98. The highest BCUT2D eigenvalue weighted by Gasteiger charge is 2.21. The van der Waals surface area contributed by atoms with Crippen LogP contribution in [0.5, 0.6) is 0 Å². The molecule has 20 heavy (non-hydrogen) atoms. The van der Waals surface area contributed by atoms with Crippen LogP contribution < -0.4 is 10.4 Å². The summed E-state index contributed by atoms with van der Waals surface area (Å²) in [4.78, 5) is 0. The molecule has 0 amide bonds. The summed E-state index contributed by atoms with van der Waals surface area (Å²) in [6, 6.07) is 17.1. The van der Waals surface area contributed by atoms with Gasteiger partial charge in [0.05, 0.1) is 0 Å². The van der Waals surface area contributed by atoms with Crippen LogP contribution in [0.25, 0.3) is 0 Å². The number of thioether (sulfide) groups is 2. The summed E-state index contributed by atoms with van der Waals surface area (Å²) in [7, 11) is -1.20. The molecule has 0 saturated carbocycles. The first kappa shape index (κ1) is 16.0. The maximum absolute atomic E-state index is 6.90. The molecule has 0 unspecified atom stereocenters. The van der Waals surface area contributed by atoms with E-state index < -0.39 is 8.11 Å². The van der Waals surface area contributed by atoms with Gasteiger partial charge in [-0.25, -0.2) is 0 Å². The first-order valence-corrected chi connectivity index (χ1v) is 11.7.